The third-order valence-corrected chi connectivity index (χ3v) is 6.06. The lowest BCUT2D eigenvalue weighted by Crippen LogP contribution is -2.41. The van der Waals surface area contributed by atoms with Crippen molar-refractivity contribution in [2.75, 3.05) is 19.6 Å². The predicted octanol–water partition coefficient (Wildman–Crippen LogP) is 5.13. The van der Waals surface area contributed by atoms with Gasteiger partial charge in [0.2, 0.25) is 5.91 Å². The van der Waals surface area contributed by atoms with E-state index in [2.05, 4.69) is 29.3 Å². The summed E-state index contributed by atoms with van der Waals surface area (Å²) in [5, 5.41) is 4.55. The molecule has 1 saturated heterocycles. The Labute approximate surface area is 171 Å². The van der Waals surface area contributed by atoms with Crippen molar-refractivity contribution in [1.82, 2.24) is 10.2 Å². The fourth-order valence-electron chi connectivity index (χ4n) is 3.56. The minimum absolute atomic E-state index is 0.0888. The van der Waals surface area contributed by atoms with E-state index in [1.54, 1.807) is 0 Å². The highest BCUT2D eigenvalue weighted by molar-refractivity contribution is 6.35. The van der Waals surface area contributed by atoms with Crippen molar-refractivity contribution in [2.45, 2.75) is 32.2 Å². The Balaban J connectivity index is 1.45. The number of halogens is 2. The number of rotatable bonds is 6. The van der Waals surface area contributed by atoms with Crippen LogP contribution in [0.2, 0.25) is 10.0 Å². The number of nitrogens with one attached hydrogen (secondary N) is 1. The first-order chi connectivity index (χ1) is 13.0. The maximum atomic E-state index is 12.5. The van der Waals surface area contributed by atoms with Crippen LogP contribution in [0.3, 0.4) is 0 Å². The van der Waals surface area contributed by atoms with E-state index in [4.69, 9.17) is 23.2 Å². The van der Waals surface area contributed by atoms with Crippen LogP contribution >= 0.6 is 23.2 Å². The van der Waals surface area contributed by atoms with Gasteiger partial charge in [-0.15, -0.1) is 0 Å². The second kappa shape index (κ2) is 9.59. The fourth-order valence-corrected chi connectivity index (χ4v) is 4.07. The molecule has 2 aromatic rings. The van der Waals surface area contributed by atoms with Gasteiger partial charge in [0, 0.05) is 34.6 Å². The average molecular weight is 405 g/mol. The SMILES string of the molecule is C[C@H](CNC(=O)C1CCN(Cc2c(Cl)cccc2Cl)CC1)c1ccccc1. The molecule has 5 heteroatoms. The molecular weight excluding hydrogens is 379 g/mol. The van der Waals surface area contributed by atoms with E-state index in [1.165, 1.54) is 5.56 Å². The zero-order valence-corrected chi connectivity index (χ0v) is 17.1. The van der Waals surface area contributed by atoms with Gasteiger partial charge < -0.3 is 5.32 Å². The van der Waals surface area contributed by atoms with Gasteiger partial charge >= 0.3 is 0 Å². The van der Waals surface area contributed by atoms with Crippen LogP contribution in [-0.2, 0) is 11.3 Å². The highest BCUT2D eigenvalue weighted by Gasteiger charge is 2.25. The van der Waals surface area contributed by atoms with E-state index in [9.17, 15) is 4.79 Å². The molecule has 1 aliphatic heterocycles. The van der Waals surface area contributed by atoms with Crippen LogP contribution in [0.5, 0.6) is 0 Å². The Morgan fingerprint density at radius 3 is 2.33 bits per heavy atom. The lowest BCUT2D eigenvalue weighted by molar-refractivity contribution is -0.126. The van der Waals surface area contributed by atoms with Crippen molar-refractivity contribution in [3.05, 3.63) is 69.7 Å². The van der Waals surface area contributed by atoms with Crippen LogP contribution in [0.1, 0.15) is 36.8 Å². The molecule has 0 spiro atoms. The molecule has 1 heterocycles. The van der Waals surface area contributed by atoms with Crippen LogP contribution in [0, 0.1) is 5.92 Å². The normalized spacial score (nSPS) is 16.9. The van der Waals surface area contributed by atoms with Gasteiger partial charge in [-0.2, -0.15) is 0 Å². The zero-order valence-electron chi connectivity index (χ0n) is 15.6. The second-order valence-corrected chi connectivity index (χ2v) is 8.12. The van der Waals surface area contributed by atoms with Crippen molar-refractivity contribution < 1.29 is 4.79 Å². The van der Waals surface area contributed by atoms with Gasteiger partial charge in [0.25, 0.3) is 0 Å². The summed E-state index contributed by atoms with van der Waals surface area (Å²) in [6.45, 7) is 5.32. The van der Waals surface area contributed by atoms with E-state index in [-0.39, 0.29) is 11.8 Å². The summed E-state index contributed by atoms with van der Waals surface area (Å²) in [6.07, 6.45) is 1.74. The summed E-state index contributed by atoms with van der Waals surface area (Å²) in [5.41, 5.74) is 2.23. The molecule has 0 aliphatic carbocycles. The molecule has 1 amide bonds. The Kier molecular flexibility index (Phi) is 7.17. The second-order valence-electron chi connectivity index (χ2n) is 7.31. The summed E-state index contributed by atoms with van der Waals surface area (Å²) < 4.78 is 0. The number of amides is 1. The van der Waals surface area contributed by atoms with Crippen molar-refractivity contribution in [2.24, 2.45) is 5.92 Å². The first kappa shape index (κ1) is 20.2. The number of benzene rings is 2. The zero-order chi connectivity index (χ0) is 19.2. The van der Waals surface area contributed by atoms with E-state index >= 15 is 0 Å². The number of nitrogens with zero attached hydrogens (tertiary/aromatic N) is 1. The Morgan fingerprint density at radius 2 is 1.70 bits per heavy atom. The van der Waals surface area contributed by atoms with E-state index in [1.807, 2.05) is 36.4 Å². The molecule has 3 nitrogen and oxygen atoms in total. The van der Waals surface area contributed by atoms with Crippen LogP contribution in [-0.4, -0.2) is 30.4 Å². The number of likely N-dealkylation sites (tertiary alicyclic amines) is 1. The van der Waals surface area contributed by atoms with Crippen LogP contribution < -0.4 is 5.32 Å². The lowest BCUT2D eigenvalue weighted by Gasteiger charge is -2.32. The van der Waals surface area contributed by atoms with Gasteiger partial charge in [-0.1, -0.05) is 66.5 Å². The molecule has 0 unspecified atom stereocenters. The van der Waals surface area contributed by atoms with Gasteiger partial charge in [0.05, 0.1) is 0 Å². The Hall–Kier alpha value is -1.55. The third kappa shape index (κ3) is 5.47. The van der Waals surface area contributed by atoms with Crippen molar-refractivity contribution in [3.8, 4) is 0 Å². The molecule has 1 fully saturated rings. The molecule has 1 aliphatic rings. The van der Waals surface area contributed by atoms with E-state index in [0.29, 0.717) is 22.5 Å². The molecule has 0 saturated carbocycles. The molecule has 0 radical (unpaired) electrons. The van der Waals surface area contributed by atoms with Crippen molar-refractivity contribution >= 4 is 29.1 Å². The van der Waals surface area contributed by atoms with Crippen molar-refractivity contribution in [1.29, 1.82) is 0 Å². The van der Waals surface area contributed by atoms with Gasteiger partial charge in [-0.25, -0.2) is 0 Å². The standard InChI is InChI=1S/C22H26Cl2N2O/c1-16(17-6-3-2-4-7-17)14-25-22(27)18-10-12-26(13-11-18)15-19-20(23)8-5-9-21(19)24/h2-9,16,18H,10-15H2,1H3,(H,25,27)/t16-/m1/s1. The van der Waals surface area contributed by atoms with E-state index < -0.39 is 0 Å². The quantitative estimate of drug-likeness (QED) is 0.723. The largest absolute Gasteiger partial charge is 0.355 e. The molecule has 1 atom stereocenters. The Morgan fingerprint density at radius 1 is 1.07 bits per heavy atom. The van der Waals surface area contributed by atoms with Crippen molar-refractivity contribution in [3.63, 3.8) is 0 Å². The third-order valence-electron chi connectivity index (χ3n) is 5.35. The first-order valence-corrected chi connectivity index (χ1v) is 10.3. The van der Waals surface area contributed by atoms with Gasteiger partial charge in [0.15, 0.2) is 0 Å². The maximum Gasteiger partial charge on any atom is 0.223 e. The molecule has 0 bridgehead atoms. The monoisotopic (exact) mass is 404 g/mol. The molecular formula is C22H26Cl2N2O. The van der Waals surface area contributed by atoms with Gasteiger partial charge in [-0.3, -0.25) is 9.69 Å². The minimum atomic E-state index is 0.0888. The van der Waals surface area contributed by atoms with Crippen LogP contribution in [0.4, 0.5) is 0 Å². The molecule has 0 aromatic heterocycles. The molecule has 2 aromatic carbocycles. The molecule has 3 rings (SSSR count). The van der Waals surface area contributed by atoms with Gasteiger partial charge in [0.1, 0.15) is 0 Å². The van der Waals surface area contributed by atoms with E-state index in [0.717, 1.165) is 38.0 Å². The lowest BCUT2D eigenvalue weighted by atomic mass is 9.95. The average Bonchev–Trinajstić information content (AvgIpc) is 2.70. The highest BCUT2D eigenvalue weighted by atomic mass is 35.5. The number of hydrogen-bond acceptors (Lipinski definition) is 2. The molecule has 144 valence electrons. The van der Waals surface area contributed by atoms with Crippen LogP contribution in [0.25, 0.3) is 0 Å². The maximum absolute atomic E-state index is 12.5. The smallest absolute Gasteiger partial charge is 0.223 e. The summed E-state index contributed by atoms with van der Waals surface area (Å²) in [4.78, 5) is 14.9. The molecule has 27 heavy (non-hydrogen) atoms. The number of hydrogen-bond donors (Lipinski definition) is 1. The Bertz CT molecular complexity index is 738. The number of carbonyl (C=O) groups excluding carboxylic acids is 1. The summed E-state index contributed by atoms with van der Waals surface area (Å²) >= 11 is 12.5. The van der Waals surface area contributed by atoms with Crippen LogP contribution in [0.15, 0.2) is 48.5 Å². The first-order valence-electron chi connectivity index (χ1n) is 9.52. The minimum Gasteiger partial charge on any atom is -0.355 e. The summed E-state index contributed by atoms with van der Waals surface area (Å²) in [7, 11) is 0. The fraction of sp³-hybridized carbons (Fsp3) is 0.409. The topological polar surface area (TPSA) is 32.3 Å². The number of piperidine rings is 1. The summed E-state index contributed by atoms with van der Waals surface area (Å²) in [5.74, 6) is 0.580. The highest BCUT2D eigenvalue weighted by Crippen LogP contribution is 2.27. The van der Waals surface area contributed by atoms with Gasteiger partial charge in [-0.05, 0) is 49.5 Å². The number of carbonyl (C=O) groups is 1. The molecule has 1 N–H and O–H groups in total. The predicted molar refractivity (Wildman–Crippen MR) is 112 cm³/mol. The summed E-state index contributed by atoms with van der Waals surface area (Å²) in [6, 6.07) is 15.9.